The summed E-state index contributed by atoms with van der Waals surface area (Å²) in [7, 11) is -1.62. The molecule has 216 valence electrons. The highest BCUT2D eigenvalue weighted by Crippen LogP contribution is 2.61. The topological polar surface area (TPSA) is 112 Å². The van der Waals surface area contributed by atoms with Crippen molar-refractivity contribution >= 4 is 32.4 Å². The van der Waals surface area contributed by atoms with Crippen molar-refractivity contribution in [2.75, 3.05) is 37.5 Å². The van der Waals surface area contributed by atoms with Crippen LogP contribution in [0.15, 0.2) is 36.5 Å². The Hall–Kier alpha value is -3.18. The molecule has 1 aromatic heterocycles. The second-order valence-electron chi connectivity index (χ2n) is 11.5. The Morgan fingerprint density at radius 1 is 1.25 bits per heavy atom. The van der Waals surface area contributed by atoms with Crippen LogP contribution in [0.25, 0.3) is 10.9 Å². The molecule has 1 aliphatic carbocycles. The SMILES string of the molecule is COc1cc(C)c2[nH]ccc2c1CN1CCC2(C[C@@H]1c1ccc(C(=O)O)cc1NCCS(C)(=O)=O)CC(F)(F)C2. The van der Waals surface area contributed by atoms with E-state index in [1.54, 1.807) is 13.2 Å². The standard InChI is InChI=1S/C29H35F2N3O5S/c1-18-12-25(39-2)22(20-6-8-33-26(18)20)15-34-10-7-28(16-29(30,31)17-28)14-24(34)21-5-4-19(27(35)36)13-23(21)32-9-11-40(3,37)38/h4-6,8,12-13,24,32-33H,7,9-11,14-17H2,1-3H3,(H,35,36)/t24-/m1/s1. The Balaban J connectivity index is 1.55. The number of alkyl halides is 2. The van der Waals surface area contributed by atoms with Crippen LogP contribution in [0.5, 0.6) is 5.75 Å². The maximum Gasteiger partial charge on any atom is 0.335 e. The normalized spacial score (nSPS) is 20.4. The van der Waals surface area contributed by atoms with Gasteiger partial charge in [0.15, 0.2) is 0 Å². The highest BCUT2D eigenvalue weighted by Gasteiger charge is 2.58. The number of halogens is 2. The predicted octanol–water partition coefficient (Wildman–Crippen LogP) is 5.39. The zero-order chi connectivity index (χ0) is 28.9. The first-order valence-electron chi connectivity index (χ1n) is 13.3. The first kappa shape index (κ1) is 28.4. The number of carboxylic acids is 1. The van der Waals surface area contributed by atoms with Gasteiger partial charge in [0.25, 0.3) is 0 Å². The van der Waals surface area contributed by atoms with E-state index in [0.717, 1.165) is 39.6 Å². The number of fused-ring (bicyclic) bond motifs is 1. The lowest BCUT2D eigenvalue weighted by atomic mass is 9.58. The van der Waals surface area contributed by atoms with Crippen molar-refractivity contribution in [3.63, 3.8) is 0 Å². The van der Waals surface area contributed by atoms with Crippen LogP contribution in [-0.2, 0) is 16.4 Å². The quantitative estimate of drug-likeness (QED) is 0.314. The molecule has 1 saturated carbocycles. The van der Waals surface area contributed by atoms with Gasteiger partial charge in [0.05, 0.1) is 18.4 Å². The molecule has 0 unspecified atom stereocenters. The lowest BCUT2D eigenvalue weighted by Crippen LogP contribution is -2.53. The number of piperidine rings is 1. The van der Waals surface area contributed by atoms with Crippen LogP contribution in [-0.4, -0.2) is 67.5 Å². The van der Waals surface area contributed by atoms with Gasteiger partial charge in [0, 0.05) is 66.6 Å². The first-order valence-corrected chi connectivity index (χ1v) is 15.4. The Labute approximate surface area is 232 Å². The number of H-pyrrole nitrogens is 1. The lowest BCUT2D eigenvalue weighted by molar-refractivity contribution is -0.186. The van der Waals surface area contributed by atoms with E-state index in [1.807, 2.05) is 25.3 Å². The second kappa shape index (κ2) is 10.3. The number of carbonyl (C=O) groups is 1. The summed E-state index contributed by atoms with van der Waals surface area (Å²) in [6, 6.07) is 8.45. The maximum atomic E-state index is 14.1. The molecule has 2 heterocycles. The van der Waals surface area contributed by atoms with Crippen molar-refractivity contribution in [1.82, 2.24) is 9.88 Å². The molecule has 40 heavy (non-hydrogen) atoms. The minimum Gasteiger partial charge on any atom is -0.496 e. The minimum atomic E-state index is -3.25. The number of benzene rings is 2. The summed E-state index contributed by atoms with van der Waals surface area (Å²) in [6.45, 7) is 3.18. The van der Waals surface area contributed by atoms with Gasteiger partial charge >= 0.3 is 5.97 Å². The van der Waals surface area contributed by atoms with E-state index in [2.05, 4.69) is 15.2 Å². The number of aromatic nitrogens is 1. The smallest absolute Gasteiger partial charge is 0.335 e. The monoisotopic (exact) mass is 575 g/mol. The molecule has 1 atom stereocenters. The number of carboxylic acid groups (broad SMARTS) is 1. The van der Waals surface area contributed by atoms with Crippen LogP contribution >= 0.6 is 0 Å². The van der Waals surface area contributed by atoms with Gasteiger partial charge < -0.3 is 20.1 Å². The molecular weight excluding hydrogens is 540 g/mol. The number of nitrogens with zero attached hydrogens (tertiary/aromatic N) is 1. The summed E-state index contributed by atoms with van der Waals surface area (Å²) < 4.78 is 57.6. The van der Waals surface area contributed by atoms with E-state index in [9.17, 15) is 27.1 Å². The summed E-state index contributed by atoms with van der Waals surface area (Å²) in [5.74, 6) is -3.16. The summed E-state index contributed by atoms with van der Waals surface area (Å²) in [5, 5.41) is 13.8. The van der Waals surface area contributed by atoms with Gasteiger partial charge in [-0.3, -0.25) is 4.90 Å². The number of hydrogen-bond donors (Lipinski definition) is 3. The largest absolute Gasteiger partial charge is 0.496 e. The zero-order valence-electron chi connectivity index (χ0n) is 22.9. The van der Waals surface area contributed by atoms with Crippen LogP contribution in [0.2, 0.25) is 0 Å². The summed E-state index contributed by atoms with van der Waals surface area (Å²) >= 11 is 0. The third kappa shape index (κ3) is 5.67. The highest BCUT2D eigenvalue weighted by atomic mass is 32.2. The fourth-order valence-corrected chi connectivity index (χ4v) is 7.00. The van der Waals surface area contributed by atoms with Crippen LogP contribution in [0.3, 0.4) is 0 Å². The third-order valence-corrected chi connectivity index (χ3v) is 9.35. The van der Waals surface area contributed by atoms with Crippen molar-refractivity contribution in [2.24, 2.45) is 5.41 Å². The van der Waals surface area contributed by atoms with Crippen molar-refractivity contribution < 1.29 is 31.8 Å². The Morgan fingerprint density at radius 3 is 2.65 bits per heavy atom. The third-order valence-electron chi connectivity index (χ3n) is 8.40. The molecule has 2 fully saturated rings. The van der Waals surface area contributed by atoms with E-state index in [4.69, 9.17) is 4.74 Å². The van der Waals surface area contributed by atoms with Gasteiger partial charge in [-0.15, -0.1) is 0 Å². The van der Waals surface area contributed by atoms with Gasteiger partial charge in [0.1, 0.15) is 15.6 Å². The molecule has 2 aromatic carbocycles. The maximum absolute atomic E-state index is 14.1. The fourth-order valence-electron chi connectivity index (χ4n) is 6.53. The highest BCUT2D eigenvalue weighted by molar-refractivity contribution is 7.90. The molecule has 5 rings (SSSR count). The Kier molecular flexibility index (Phi) is 7.33. The first-order chi connectivity index (χ1) is 18.8. The van der Waals surface area contributed by atoms with Gasteiger partial charge in [0.2, 0.25) is 5.92 Å². The fraction of sp³-hybridized carbons (Fsp3) is 0.483. The number of likely N-dealkylation sites (tertiary alicyclic amines) is 1. The molecule has 2 aliphatic rings. The van der Waals surface area contributed by atoms with Crippen LogP contribution in [0.4, 0.5) is 14.5 Å². The average molecular weight is 576 g/mol. The van der Waals surface area contributed by atoms with E-state index in [-0.39, 0.29) is 36.7 Å². The van der Waals surface area contributed by atoms with Crippen molar-refractivity contribution in [3.05, 3.63) is 58.8 Å². The Morgan fingerprint density at radius 2 is 2.00 bits per heavy atom. The molecule has 8 nitrogen and oxygen atoms in total. The molecule has 1 spiro atoms. The number of aryl methyl sites for hydroxylation is 1. The van der Waals surface area contributed by atoms with Crippen LogP contribution in [0, 0.1) is 12.3 Å². The van der Waals surface area contributed by atoms with E-state index < -0.39 is 27.1 Å². The molecule has 3 aromatic rings. The predicted molar refractivity (Wildman–Crippen MR) is 150 cm³/mol. The van der Waals surface area contributed by atoms with E-state index in [1.165, 1.54) is 12.1 Å². The Bertz CT molecular complexity index is 1540. The number of aromatic amines is 1. The average Bonchev–Trinajstić information content (AvgIpc) is 3.35. The number of anilines is 1. The van der Waals surface area contributed by atoms with Crippen LogP contribution in [0.1, 0.15) is 58.8 Å². The number of hydrogen-bond acceptors (Lipinski definition) is 6. The molecule has 1 saturated heterocycles. The van der Waals surface area contributed by atoms with E-state index >= 15 is 0 Å². The number of aromatic carboxylic acids is 1. The van der Waals surface area contributed by atoms with Gasteiger partial charge in [-0.05, 0) is 67.1 Å². The molecule has 0 bridgehead atoms. The second-order valence-corrected chi connectivity index (χ2v) is 13.7. The molecule has 3 N–H and O–H groups in total. The minimum absolute atomic E-state index is 0.0621. The summed E-state index contributed by atoms with van der Waals surface area (Å²) in [5.41, 5.74) is 3.88. The summed E-state index contributed by atoms with van der Waals surface area (Å²) in [4.78, 5) is 17.3. The van der Waals surface area contributed by atoms with Gasteiger partial charge in [-0.2, -0.15) is 0 Å². The summed E-state index contributed by atoms with van der Waals surface area (Å²) in [6.07, 6.45) is 3.82. The molecule has 11 heteroatoms. The number of rotatable bonds is 9. The number of nitrogens with one attached hydrogen (secondary N) is 2. The lowest BCUT2D eigenvalue weighted by Gasteiger charge is -2.55. The van der Waals surface area contributed by atoms with Gasteiger partial charge in [-0.1, -0.05) is 6.07 Å². The number of methoxy groups -OCH3 is 1. The molecular formula is C29H35F2N3O5S. The van der Waals surface area contributed by atoms with Crippen molar-refractivity contribution in [2.45, 2.75) is 51.1 Å². The zero-order valence-corrected chi connectivity index (χ0v) is 23.7. The van der Waals surface area contributed by atoms with Gasteiger partial charge in [-0.25, -0.2) is 22.0 Å². The molecule has 0 amide bonds. The number of sulfone groups is 1. The molecule has 1 aliphatic heterocycles. The van der Waals surface area contributed by atoms with Crippen molar-refractivity contribution in [1.29, 1.82) is 0 Å². The van der Waals surface area contributed by atoms with Crippen LogP contribution < -0.4 is 10.1 Å². The number of ether oxygens (including phenoxy) is 1. The van der Waals surface area contributed by atoms with Crippen molar-refractivity contribution in [3.8, 4) is 5.75 Å². The van der Waals surface area contributed by atoms with E-state index in [0.29, 0.717) is 31.6 Å². The molecule has 0 radical (unpaired) electrons.